The summed E-state index contributed by atoms with van der Waals surface area (Å²) in [6.07, 6.45) is 17.6. The van der Waals surface area contributed by atoms with E-state index in [2.05, 4.69) is 4.36 Å². The first-order chi connectivity index (χ1) is 15.1. The van der Waals surface area contributed by atoms with Gasteiger partial charge in [-0.3, -0.25) is 14.4 Å². The van der Waals surface area contributed by atoms with Gasteiger partial charge in [-0.15, -0.1) is 0 Å². The van der Waals surface area contributed by atoms with Crippen LogP contribution in [0.1, 0.15) is 124 Å². The Morgan fingerprint density at radius 3 is 1.59 bits per heavy atom. The van der Waals surface area contributed by atoms with Crippen molar-refractivity contribution in [1.29, 1.82) is 0 Å². The van der Waals surface area contributed by atoms with Crippen LogP contribution in [-0.4, -0.2) is 40.6 Å². The van der Waals surface area contributed by atoms with Crippen molar-refractivity contribution in [3.05, 3.63) is 0 Å². The summed E-state index contributed by atoms with van der Waals surface area (Å²) in [5, 5.41) is 8.63. The lowest BCUT2D eigenvalue weighted by molar-refractivity contribution is -0.155. The fourth-order valence-electron chi connectivity index (χ4n) is 3.40. The van der Waals surface area contributed by atoms with Crippen molar-refractivity contribution in [3.63, 3.8) is 0 Å². The smallest absolute Gasteiger partial charge is 0.306 e. The number of nitrogens with zero attached hydrogens (tertiary/aromatic N) is 1. The molecule has 1 amide bonds. The summed E-state index contributed by atoms with van der Waals surface area (Å²) in [4.78, 5) is 34.0. The van der Waals surface area contributed by atoms with Crippen LogP contribution in [0.4, 0.5) is 0 Å². The molecule has 1 N–H and O–H groups in total. The minimum Gasteiger partial charge on any atom is -0.481 e. The van der Waals surface area contributed by atoms with E-state index in [0.29, 0.717) is 25.0 Å². The van der Waals surface area contributed by atoms with E-state index in [-0.39, 0.29) is 34.6 Å². The number of carbonyl (C=O) groups is 3. The second-order valence-corrected chi connectivity index (χ2v) is 11.4. The van der Waals surface area contributed by atoms with Crippen LogP contribution in [0.2, 0.25) is 0 Å². The lowest BCUT2D eigenvalue weighted by atomic mass is 10.0. The highest BCUT2D eigenvalue weighted by molar-refractivity contribution is 7.86. The van der Waals surface area contributed by atoms with Gasteiger partial charge in [0.1, 0.15) is 5.60 Å². The van der Waals surface area contributed by atoms with Crippen molar-refractivity contribution >= 4 is 28.5 Å². The minimum absolute atomic E-state index is 0.0303. The molecule has 32 heavy (non-hydrogen) atoms. The number of esters is 1. The van der Waals surface area contributed by atoms with E-state index in [4.69, 9.17) is 9.84 Å². The minimum atomic E-state index is -0.791. The van der Waals surface area contributed by atoms with E-state index < -0.39 is 5.97 Å². The molecule has 0 saturated carbocycles. The SMILES string of the molecule is CS(CCCC(=O)O)=NC(=O)CCCCCCCCCCCCCCC(=O)OC(C)(C)C. The summed E-state index contributed by atoms with van der Waals surface area (Å²) < 4.78 is 9.48. The Labute approximate surface area is 198 Å². The highest BCUT2D eigenvalue weighted by atomic mass is 32.2. The number of hydrogen-bond acceptors (Lipinski definition) is 4. The van der Waals surface area contributed by atoms with E-state index in [9.17, 15) is 14.4 Å². The quantitative estimate of drug-likeness (QED) is 0.168. The van der Waals surface area contributed by atoms with Crippen molar-refractivity contribution < 1.29 is 24.2 Å². The van der Waals surface area contributed by atoms with Gasteiger partial charge >= 0.3 is 11.9 Å². The van der Waals surface area contributed by atoms with E-state index >= 15 is 0 Å². The van der Waals surface area contributed by atoms with Crippen LogP contribution in [0, 0.1) is 0 Å². The molecule has 0 aromatic rings. The van der Waals surface area contributed by atoms with Crippen molar-refractivity contribution in [2.45, 2.75) is 129 Å². The molecule has 0 aliphatic carbocycles. The van der Waals surface area contributed by atoms with Gasteiger partial charge in [-0.1, -0.05) is 74.9 Å². The lowest BCUT2D eigenvalue weighted by Gasteiger charge is -2.19. The van der Waals surface area contributed by atoms with Gasteiger partial charge in [-0.25, -0.2) is 0 Å². The summed E-state index contributed by atoms with van der Waals surface area (Å²) >= 11 is 0. The molecule has 0 aliphatic heterocycles. The number of carbonyl (C=O) groups excluding carboxylic acids is 2. The van der Waals surface area contributed by atoms with Crippen LogP contribution in [0.3, 0.4) is 0 Å². The molecule has 0 aromatic heterocycles. The number of hydrogen-bond donors (Lipinski definition) is 1. The van der Waals surface area contributed by atoms with Crippen LogP contribution in [0.15, 0.2) is 4.36 Å². The first kappa shape index (κ1) is 30.8. The monoisotopic (exact) mass is 473 g/mol. The zero-order chi connectivity index (χ0) is 24.2. The first-order valence-electron chi connectivity index (χ1n) is 12.4. The maximum atomic E-state index is 11.8. The van der Waals surface area contributed by atoms with E-state index in [1.807, 2.05) is 27.0 Å². The van der Waals surface area contributed by atoms with Gasteiger partial charge in [0.05, 0.1) is 0 Å². The Morgan fingerprint density at radius 1 is 0.719 bits per heavy atom. The highest BCUT2D eigenvalue weighted by Gasteiger charge is 2.15. The second-order valence-electron chi connectivity index (χ2n) is 9.62. The number of carboxylic acids is 1. The number of ether oxygens (including phenoxy) is 1. The normalized spacial score (nSPS) is 12.6. The third-order valence-corrected chi connectivity index (χ3v) is 6.42. The van der Waals surface area contributed by atoms with Crippen molar-refractivity contribution in [2.24, 2.45) is 4.36 Å². The average Bonchev–Trinajstić information content (AvgIpc) is 2.66. The zero-order valence-corrected chi connectivity index (χ0v) is 21.8. The summed E-state index contributed by atoms with van der Waals surface area (Å²) in [7, 11) is -0.348. The molecule has 1 unspecified atom stereocenters. The molecule has 0 fully saturated rings. The summed E-state index contributed by atoms with van der Waals surface area (Å²) in [5.74, 6) is -0.221. The van der Waals surface area contributed by atoms with Crippen LogP contribution in [0.5, 0.6) is 0 Å². The molecule has 7 heteroatoms. The molecule has 0 rings (SSSR count). The Bertz CT molecular complexity index is 569. The maximum Gasteiger partial charge on any atom is 0.306 e. The van der Waals surface area contributed by atoms with Gasteiger partial charge in [-0.2, -0.15) is 4.36 Å². The van der Waals surface area contributed by atoms with Gasteiger partial charge in [0.2, 0.25) is 0 Å². The van der Waals surface area contributed by atoms with Crippen LogP contribution in [0.25, 0.3) is 0 Å². The van der Waals surface area contributed by atoms with Gasteiger partial charge in [-0.05, 0) is 46.3 Å². The molecule has 188 valence electrons. The van der Waals surface area contributed by atoms with Crippen molar-refractivity contribution in [2.75, 3.05) is 12.0 Å². The fourth-order valence-corrected chi connectivity index (χ4v) is 4.50. The number of amides is 1. The molecule has 0 aliphatic rings. The van der Waals surface area contributed by atoms with Crippen LogP contribution >= 0.6 is 0 Å². The van der Waals surface area contributed by atoms with Crippen LogP contribution < -0.4 is 0 Å². The third-order valence-electron chi connectivity index (χ3n) is 5.03. The topological polar surface area (TPSA) is 93.0 Å². The van der Waals surface area contributed by atoms with Crippen LogP contribution in [-0.2, 0) is 29.8 Å². The molecular weight excluding hydrogens is 426 g/mol. The highest BCUT2D eigenvalue weighted by Crippen LogP contribution is 2.14. The lowest BCUT2D eigenvalue weighted by Crippen LogP contribution is -2.23. The molecule has 0 aromatic carbocycles. The maximum absolute atomic E-state index is 11.8. The Morgan fingerprint density at radius 2 is 1.16 bits per heavy atom. The fraction of sp³-hybridized carbons (Fsp3) is 0.880. The summed E-state index contributed by atoms with van der Waals surface area (Å²) in [6, 6.07) is 0. The van der Waals surface area contributed by atoms with Crippen molar-refractivity contribution in [3.8, 4) is 0 Å². The van der Waals surface area contributed by atoms with Gasteiger partial charge in [0.15, 0.2) is 0 Å². The first-order valence-corrected chi connectivity index (χ1v) is 14.2. The van der Waals surface area contributed by atoms with E-state index in [0.717, 1.165) is 25.7 Å². The summed E-state index contributed by atoms with van der Waals surface area (Å²) in [6.45, 7) is 5.71. The largest absolute Gasteiger partial charge is 0.481 e. The molecule has 0 spiro atoms. The molecular formula is C25H47NO5S. The Balaban J connectivity index is 3.41. The molecule has 0 radical (unpaired) electrons. The predicted molar refractivity (Wildman–Crippen MR) is 133 cm³/mol. The zero-order valence-electron chi connectivity index (χ0n) is 21.0. The van der Waals surface area contributed by atoms with Gasteiger partial charge < -0.3 is 9.84 Å². The molecule has 6 nitrogen and oxygen atoms in total. The van der Waals surface area contributed by atoms with E-state index in [1.54, 1.807) is 0 Å². The molecule has 0 saturated heterocycles. The number of rotatable bonds is 19. The Kier molecular flexibility index (Phi) is 18.5. The summed E-state index contributed by atoms with van der Waals surface area (Å²) in [5.41, 5.74) is -0.380. The number of carboxylic acid groups (broad SMARTS) is 1. The number of aliphatic carboxylic acids is 1. The standard InChI is InChI=1S/C25H47NO5S/c1-25(2,3)31-24(30)20-16-14-12-10-8-6-5-7-9-11-13-15-18-22(27)26-32(4)21-17-19-23(28)29/h5-21H2,1-4H3,(H,28,29). The van der Waals surface area contributed by atoms with Crippen molar-refractivity contribution in [1.82, 2.24) is 0 Å². The van der Waals surface area contributed by atoms with E-state index in [1.165, 1.54) is 51.4 Å². The molecule has 0 bridgehead atoms. The average molecular weight is 474 g/mol. The van der Waals surface area contributed by atoms with Gasteiger partial charge in [0.25, 0.3) is 5.91 Å². The Hall–Kier alpha value is -1.24. The molecule has 0 heterocycles. The second kappa shape index (κ2) is 19.2. The third kappa shape index (κ3) is 23.4. The molecule has 1 atom stereocenters. The van der Waals surface area contributed by atoms with Gasteiger partial charge in [0, 0.05) is 25.0 Å². The predicted octanol–water partition coefficient (Wildman–Crippen LogP) is 6.61. The number of unbranched alkanes of at least 4 members (excludes halogenated alkanes) is 11.